The number of benzene rings is 1. The quantitative estimate of drug-likeness (QED) is 0.891. The zero-order valence-corrected chi connectivity index (χ0v) is 13.0. The number of carboxylic acid groups (broad SMARTS) is 1. The molecular formula is C14H20N2O4S. The van der Waals surface area contributed by atoms with Crippen LogP contribution in [0.25, 0.3) is 0 Å². The minimum atomic E-state index is -3.72. The van der Waals surface area contributed by atoms with Crippen molar-refractivity contribution in [1.82, 2.24) is 4.31 Å². The SMILES string of the molecule is Cc1ccc(NS(=O)(=O)N2CCC[C@H](C)C2)c(C(=O)O)c1. The maximum absolute atomic E-state index is 12.4. The van der Waals surface area contributed by atoms with Crippen LogP contribution in [0, 0.1) is 12.8 Å². The number of rotatable bonds is 4. The number of nitrogens with zero attached hydrogens (tertiary/aromatic N) is 1. The standard InChI is InChI=1S/C14H20N2O4S/c1-10-5-6-13(12(8-10)14(17)18)15-21(19,20)16-7-3-4-11(2)9-16/h5-6,8,11,15H,3-4,7,9H2,1-2H3,(H,17,18)/t11-/m0/s1. The average molecular weight is 312 g/mol. The second kappa shape index (κ2) is 6.03. The molecular weight excluding hydrogens is 292 g/mol. The summed E-state index contributed by atoms with van der Waals surface area (Å²) in [5, 5.41) is 9.19. The molecule has 0 amide bonds. The Labute approximate surface area is 125 Å². The maximum Gasteiger partial charge on any atom is 0.337 e. The van der Waals surface area contributed by atoms with Gasteiger partial charge in [0.2, 0.25) is 0 Å². The first kappa shape index (κ1) is 15.8. The molecule has 1 atom stereocenters. The number of piperidine rings is 1. The molecule has 0 aromatic heterocycles. The largest absolute Gasteiger partial charge is 0.478 e. The van der Waals surface area contributed by atoms with Crippen LogP contribution in [0.3, 0.4) is 0 Å². The molecule has 0 unspecified atom stereocenters. The summed E-state index contributed by atoms with van der Waals surface area (Å²) in [7, 11) is -3.72. The van der Waals surface area contributed by atoms with Gasteiger partial charge in [-0.15, -0.1) is 0 Å². The second-order valence-corrected chi connectivity index (χ2v) is 7.24. The topological polar surface area (TPSA) is 86.7 Å². The average Bonchev–Trinajstić information content (AvgIpc) is 2.40. The van der Waals surface area contributed by atoms with Crippen molar-refractivity contribution in [2.75, 3.05) is 17.8 Å². The molecule has 1 aromatic carbocycles. The van der Waals surface area contributed by atoms with Crippen molar-refractivity contribution in [3.63, 3.8) is 0 Å². The Morgan fingerprint density at radius 2 is 2.14 bits per heavy atom. The summed E-state index contributed by atoms with van der Waals surface area (Å²) in [4.78, 5) is 11.2. The number of hydrogen-bond donors (Lipinski definition) is 2. The molecule has 6 nitrogen and oxygen atoms in total. The van der Waals surface area contributed by atoms with Gasteiger partial charge in [0.1, 0.15) is 0 Å². The van der Waals surface area contributed by atoms with E-state index in [1.54, 1.807) is 13.0 Å². The van der Waals surface area contributed by atoms with Gasteiger partial charge in [-0.3, -0.25) is 4.72 Å². The highest BCUT2D eigenvalue weighted by atomic mass is 32.2. The van der Waals surface area contributed by atoms with Crippen molar-refractivity contribution in [2.45, 2.75) is 26.7 Å². The lowest BCUT2D eigenvalue weighted by Gasteiger charge is -2.30. The van der Waals surface area contributed by atoms with Crippen molar-refractivity contribution in [2.24, 2.45) is 5.92 Å². The molecule has 0 spiro atoms. The maximum atomic E-state index is 12.4. The lowest BCUT2D eigenvalue weighted by Crippen LogP contribution is -2.42. The molecule has 0 aliphatic carbocycles. The number of anilines is 1. The molecule has 1 aromatic rings. The van der Waals surface area contributed by atoms with Gasteiger partial charge in [-0.25, -0.2) is 4.79 Å². The van der Waals surface area contributed by atoms with Gasteiger partial charge in [0.25, 0.3) is 0 Å². The molecule has 0 bridgehead atoms. The molecule has 1 heterocycles. The molecule has 1 aliphatic rings. The van der Waals surface area contributed by atoms with Crippen LogP contribution in [0.1, 0.15) is 35.7 Å². The monoisotopic (exact) mass is 312 g/mol. The van der Waals surface area contributed by atoms with E-state index in [9.17, 15) is 18.3 Å². The van der Waals surface area contributed by atoms with E-state index in [-0.39, 0.29) is 11.3 Å². The van der Waals surface area contributed by atoms with E-state index < -0.39 is 16.2 Å². The van der Waals surface area contributed by atoms with E-state index >= 15 is 0 Å². The Hall–Kier alpha value is -1.60. The van der Waals surface area contributed by atoms with E-state index in [4.69, 9.17) is 0 Å². The summed E-state index contributed by atoms with van der Waals surface area (Å²) < 4.78 is 28.5. The second-order valence-electron chi connectivity index (χ2n) is 5.57. The van der Waals surface area contributed by atoms with Gasteiger partial charge in [-0.1, -0.05) is 18.6 Å². The number of carboxylic acids is 1. The van der Waals surface area contributed by atoms with Crippen LogP contribution in [-0.2, 0) is 10.2 Å². The molecule has 21 heavy (non-hydrogen) atoms. The van der Waals surface area contributed by atoms with E-state index in [0.717, 1.165) is 18.4 Å². The van der Waals surface area contributed by atoms with Gasteiger partial charge in [0.15, 0.2) is 0 Å². The van der Waals surface area contributed by atoms with E-state index in [1.807, 2.05) is 6.92 Å². The normalized spacial score (nSPS) is 20.2. The van der Waals surface area contributed by atoms with Crippen LogP contribution in [0.4, 0.5) is 5.69 Å². The molecule has 0 saturated carbocycles. The minimum absolute atomic E-state index is 0.0383. The van der Waals surface area contributed by atoms with Crippen molar-refractivity contribution < 1.29 is 18.3 Å². The first-order chi connectivity index (χ1) is 9.79. The predicted molar refractivity (Wildman–Crippen MR) is 80.7 cm³/mol. The number of aryl methyl sites for hydroxylation is 1. The van der Waals surface area contributed by atoms with Gasteiger partial charge in [0.05, 0.1) is 11.3 Å². The number of carbonyl (C=O) groups is 1. The molecule has 7 heteroatoms. The smallest absolute Gasteiger partial charge is 0.337 e. The van der Waals surface area contributed by atoms with Gasteiger partial charge >= 0.3 is 16.2 Å². The van der Waals surface area contributed by atoms with Crippen LogP contribution >= 0.6 is 0 Å². The predicted octanol–water partition coefficient (Wildman–Crippen LogP) is 2.08. The third-order valence-corrected chi connectivity index (χ3v) is 5.09. The zero-order chi connectivity index (χ0) is 15.6. The van der Waals surface area contributed by atoms with Crippen molar-refractivity contribution in [3.8, 4) is 0 Å². The molecule has 0 radical (unpaired) electrons. The Morgan fingerprint density at radius 3 is 2.76 bits per heavy atom. The summed E-state index contributed by atoms with van der Waals surface area (Å²) in [6, 6.07) is 4.63. The highest BCUT2D eigenvalue weighted by Crippen LogP contribution is 2.23. The lowest BCUT2D eigenvalue weighted by molar-refractivity contribution is 0.0698. The molecule has 116 valence electrons. The first-order valence-electron chi connectivity index (χ1n) is 6.91. The Bertz CT molecular complexity index is 642. The zero-order valence-electron chi connectivity index (χ0n) is 12.2. The van der Waals surface area contributed by atoms with Crippen molar-refractivity contribution in [1.29, 1.82) is 0 Å². The fraction of sp³-hybridized carbons (Fsp3) is 0.500. The molecule has 1 fully saturated rings. The molecule has 2 N–H and O–H groups in total. The molecule has 2 rings (SSSR count). The highest BCUT2D eigenvalue weighted by Gasteiger charge is 2.28. The number of aromatic carboxylic acids is 1. The Morgan fingerprint density at radius 1 is 1.43 bits per heavy atom. The van der Waals surface area contributed by atoms with Crippen LogP contribution in [-0.4, -0.2) is 36.9 Å². The van der Waals surface area contributed by atoms with Crippen molar-refractivity contribution in [3.05, 3.63) is 29.3 Å². The van der Waals surface area contributed by atoms with E-state index in [1.165, 1.54) is 16.4 Å². The first-order valence-corrected chi connectivity index (χ1v) is 8.35. The summed E-state index contributed by atoms with van der Waals surface area (Å²) in [5.41, 5.74) is 0.830. The molecule has 1 saturated heterocycles. The third kappa shape index (κ3) is 3.74. The summed E-state index contributed by atoms with van der Waals surface area (Å²) in [6.45, 7) is 4.70. The number of hydrogen-bond acceptors (Lipinski definition) is 3. The van der Waals surface area contributed by atoms with Crippen molar-refractivity contribution >= 4 is 21.9 Å². The van der Waals surface area contributed by atoms with Gasteiger partial charge in [-0.2, -0.15) is 12.7 Å². The highest BCUT2D eigenvalue weighted by molar-refractivity contribution is 7.90. The fourth-order valence-electron chi connectivity index (χ4n) is 2.49. The lowest BCUT2D eigenvalue weighted by atomic mass is 10.0. The van der Waals surface area contributed by atoms with Gasteiger partial charge in [-0.05, 0) is 37.8 Å². The fourth-order valence-corrected chi connectivity index (χ4v) is 3.90. The van der Waals surface area contributed by atoms with Crippen LogP contribution < -0.4 is 4.72 Å². The Kier molecular flexibility index (Phi) is 4.53. The molecule has 1 aliphatic heterocycles. The number of nitrogens with one attached hydrogen (secondary N) is 1. The van der Waals surface area contributed by atoms with E-state index in [0.29, 0.717) is 19.0 Å². The van der Waals surface area contributed by atoms with Crippen LogP contribution in [0.5, 0.6) is 0 Å². The van der Waals surface area contributed by atoms with Crippen LogP contribution in [0.15, 0.2) is 18.2 Å². The third-order valence-electron chi connectivity index (χ3n) is 3.60. The van der Waals surface area contributed by atoms with E-state index in [2.05, 4.69) is 4.72 Å². The summed E-state index contributed by atoms with van der Waals surface area (Å²) in [6.07, 6.45) is 1.83. The van der Waals surface area contributed by atoms with Gasteiger partial charge < -0.3 is 5.11 Å². The minimum Gasteiger partial charge on any atom is -0.478 e. The van der Waals surface area contributed by atoms with Gasteiger partial charge in [0, 0.05) is 13.1 Å². The summed E-state index contributed by atoms with van der Waals surface area (Å²) in [5.74, 6) is -0.837. The Balaban J connectivity index is 2.26. The van der Waals surface area contributed by atoms with Crippen LogP contribution in [0.2, 0.25) is 0 Å². The summed E-state index contributed by atoms with van der Waals surface area (Å²) >= 11 is 0.